The minimum Gasteiger partial charge on any atom is -0.444 e. The lowest BCUT2D eigenvalue weighted by Gasteiger charge is -2.36. The highest BCUT2D eigenvalue weighted by molar-refractivity contribution is 5.76. The normalized spacial score (nSPS) is 23.8. The molecule has 0 aliphatic carbocycles. The van der Waals surface area contributed by atoms with Crippen LogP contribution >= 0.6 is 0 Å². The zero-order valence-corrected chi connectivity index (χ0v) is 13.3. The summed E-state index contributed by atoms with van der Waals surface area (Å²) in [5, 5.41) is 0. The van der Waals surface area contributed by atoms with Gasteiger partial charge in [0.05, 0.1) is 6.04 Å². The second kappa shape index (κ2) is 5.30. The topological polar surface area (TPSA) is 49.9 Å². The first kappa shape index (κ1) is 14.9. The first-order valence-electron chi connectivity index (χ1n) is 7.69. The first-order valence-corrected chi connectivity index (χ1v) is 7.69. The predicted molar refractivity (Wildman–Crippen MR) is 84.3 cm³/mol. The van der Waals surface area contributed by atoms with Crippen LogP contribution in [0.25, 0.3) is 0 Å². The van der Waals surface area contributed by atoms with E-state index in [0.29, 0.717) is 18.2 Å². The van der Waals surface area contributed by atoms with Gasteiger partial charge in [-0.05, 0) is 51.5 Å². The Morgan fingerprint density at radius 3 is 2.36 bits per heavy atom. The highest BCUT2D eigenvalue weighted by Gasteiger charge is 2.46. The van der Waals surface area contributed by atoms with E-state index < -0.39 is 5.60 Å². The molecule has 0 spiro atoms. The Bertz CT molecular complexity index is 577. The summed E-state index contributed by atoms with van der Waals surface area (Å²) in [4.78, 5) is 27.1. The summed E-state index contributed by atoms with van der Waals surface area (Å²) in [6, 6.07) is 8.16. The molecule has 1 aromatic rings. The van der Waals surface area contributed by atoms with Crippen molar-refractivity contribution < 1.29 is 14.3 Å². The van der Waals surface area contributed by atoms with E-state index in [2.05, 4.69) is 4.90 Å². The van der Waals surface area contributed by atoms with E-state index in [9.17, 15) is 9.59 Å². The minimum absolute atomic E-state index is 0.212. The molecule has 0 N–H and O–H groups in total. The molecule has 118 valence electrons. The number of carbonyl (C=O) groups excluding carboxylic acids is 2. The van der Waals surface area contributed by atoms with Gasteiger partial charge in [0, 0.05) is 30.4 Å². The second-order valence-electron chi connectivity index (χ2n) is 7.04. The van der Waals surface area contributed by atoms with E-state index >= 15 is 0 Å². The average molecular weight is 302 g/mol. The maximum atomic E-state index is 12.2. The van der Waals surface area contributed by atoms with Crippen molar-refractivity contribution in [3.63, 3.8) is 0 Å². The summed E-state index contributed by atoms with van der Waals surface area (Å²) in [5.74, 6) is 0. The number of carbonyl (C=O) groups is 2. The maximum absolute atomic E-state index is 12.2. The van der Waals surface area contributed by atoms with Crippen molar-refractivity contribution in [1.29, 1.82) is 0 Å². The molecule has 5 heteroatoms. The van der Waals surface area contributed by atoms with Gasteiger partial charge in [0.15, 0.2) is 0 Å². The van der Waals surface area contributed by atoms with Gasteiger partial charge in [-0.25, -0.2) is 4.79 Å². The first-order chi connectivity index (χ1) is 10.4. The molecule has 0 saturated carbocycles. The van der Waals surface area contributed by atoms with Crippen LogP contribution in [-0.2, 0) is 4.74 Å². The molecule has 2 saturated heterocycles. The molecular formula is C17H22N2O3. The van der Waals surface area contributed by atoms with Crippen molar-refractivity contribution in [2.75, 3.05) is 18.0 Å². The number of aldehydes is 1. The Morgan fingerprint density at radius 1 is 1.18 bits per heavy atom. The summed E-state index contributed by atoms with van der Waals surface area (Å²) >= 11 is 0. The number of anilines is 1. The second-order valence-corrected chi connectivity index (χ2v) is 7.04. The van der Waals surface area contributed by atoms with Gasteiger partial charge in [0.2, 0.25) is 0 Å². The molecule has 3 rings (SSSR count). The summed E-state index contributed by atoms with van der Waals surface area (Å²) < 4.78 is 5.48. The third kappa shape index (κ3) is 2.80. The Labute approximate surface area is 130 Å². The fourth-order valence-corrected chi connectivity index (χ4v) is 3.27. The molecule has 1 amide bonds. The molecule has 2 bridgehead atoms. The lowest BCUT2D eigenvalue weighted by molar-refractivity contribution is 0.0214. The van der Waals surface area contributed by atoms with E-state index in [-0.39, 0.29) is 12.1 Å². The van der Waals surface area contributed by atoms with Crippen LogP contribution in [-0.4, -0.2) is 48.1 Å². The van der Waals surface area contributed by atoms with E-state index in [4.69, 9.17) is 4.74 Å². The van der Waals surface area contributed by atoms with Gasteiger partial charge in [-0.3, -0.25) is 4.79 Å². The maximum Gasteiger partial charge on any atom is 0.410 e. The van der Waals surface area contributed by atoms with Crippen LogP contribution in [0.3, 0.4) is 0 Å². The smallest absolute Gasteiger partial charge is 0.410 e. The fourth-order valence-electron chi connectivity index (χ4n) is 3.27. The fraction of sp³-hybridized carbons (Fsp3) is 0.529. The Kier molecular flexibility index (Phi) is 3.59. The SMILES string of the molecule is CC(C)(C)OC(=O)N1CC2CC1CN2c1ccc(C=O)cc1. The monoisotopic (exact) mass is 302 g/mol. The number of benzene rings is 1. The van der Waals surface area contributed by atoms with Gasteiger partial charge in [0.25, 0.3) is 0 Å². The third-order valence-electron chi connectivity index (χ3n) is 4.23. The van der Waals surface area contributed by atoms with Gasteiger partial charge >= 0.3 is 6.09 Å². The molecule has 2 fully saturated rings. The van der Waals surface area contributed by atoms with Crippen LogP contribution < -0.4 is 4.90 Å². The number of ether oxygens (including phenoxy) is 1. The molecule has 0 radical (unpaired) electrons. The highest BCUT2D eigenvalue weighted by Crippen LogP contribution is 2.35. The predicted octanol–water partition coefficient (Wildman–Crippen LogP) is 2.70. The number of nitrogens with zero attached hydrogens (tertiary/aromatic N) is 2. The third-order valence-corrected chi connectivity index (χ3v) is 4.23. The lowest BCUT2D eigenvalue weighted by atomic mass is 10.2. The largest absolute Gasteiger partial charge is 0.444 e. The van der Waals surface area contributed by atoms with Crippen LogP contribution in [0.1, 0.15) is 37.6 Å². The molecule has 2 aliphatic heterocycles. The zero-order valence-electron chi connectivity index (χ0n) is 13.3. The van der Waals surface area contributed by atoms with Gasteiger partial charge in [-0.15, -0.1) is 0 Å². The van der Waals surface area contributed by atoms with Crippen molar-refractivity contribution in [2.45, 2.75) is 44.9 Å². The van der Waals surface area contributed by atoms with Crippen LogP contribution in [0.2, 0.25) is 0 Å². The van der Waals surface area contributed by atoms with Gasteiger partial charge in [0.1, 0.15) is 11.9 Å². The van der Waals surface area contributed by atoms with Crippen molar-refractivity contribution in [3.05, 3.63) is 29.8 Å². The average Bonchev–Trinajstić information content (AvgIpc) is 3.05. The molecule has 2 atom stereocenters. The van der Waals surface area contributed by atoms with Gasteiger partial charge in [-0.1, -0.05) is 0 Å². The van der Waals surface area contributed by atoms with Crippen molar-refractivity contribution in [1.82, 2.24) is 4.90 Å². The molecule has 1 aromatic carbocycles. The van der Waals surface area contributed by atoms with Crippen molar-refractivity contribution >= 4 is 18.1 Å². The van der Waals surface area contributed by atoms with Crippen LogP contribution in [0, 0.1) is 0 Å². The summed E-state index contributed by atoms with van der Waals surface area (Å²) in [6.07, 6.45) is 1.62. The minimum atomic E-state index is -0.455. The quantitative estimate of drug-likeness (QED) is 0.788. The number of amides is 1. The molecule has 2 aliphatic rings. The lowest BCUT2D eigenvalue weighted by Crippen LogP contribution is -2.50. The summed E-state index contributed by atoms with van der Waals surface area (Å²) in [7, 11) is 0. The standard InChI is InChI=1S/C17H22N2O3/c1-17(2,3)22-16(21)19-10-14-8-15(19)9-18(14)13-6-4-12(11-20)5-7-13/h4-7,11,14-15H,8-10H2,1-3H3. The molecule has 0 aromatic heterocycles. The molecular weight excluding hydrogens is 280 g/mol. The van der Waals surface area contributed by atoms with Crippen LogP contribution in [0.5, 0.6) is 0 Å². The Morgan fingerprint density at radius 2 is 1.86 bits per heavy atom. The highest BCUT2D eigenvalue weighted by atomic mass is 16.6. The van der Waals surface area contributed by atoms with E-state index in [1.165, 1.54) is 0 Å². The van der Waals surface area contributed by atoms with Crippen molar-refractivity contribution in [2.24, 2.45) is 0 Å². The van der Waals surface area contributed by atoms with Crippen LogP contribution in [0.15, 0.2) is 24.3 Å². The van der Waals surface area contributed by atoms with Crippen molar-refractivity contribution in [3.8, 4) is 0 Å². The number of hydrogen-bond acceptors (Lipinski definition) is 4. The Balaban J connectivity index is 1.66. The summed E-state index contributed by atoms with van der Waals surface area (Å²) in [5.41, 5.74) is 1.34. The number of piperazine rings is 1. The number of fused-ring (bicyclic) bond motifs is 2. The van der Waals surface area contributed by atoms with Gasteiger partial charge in [-0.2, -0.15) is 0 Å². The number of rotatable bonds is 2. The van der Waals surface area contributed by atoms with E-state index in [1.54, 1.807) is 0 Å². The van der Waals surface area contributed by atoms with Crippen LogP contribution in [0.4, 0.5) is 10.5 Å². The molecule has 2 heterocycles. The van der Waals surface area contributed by atoms with E-state index in [1.807, 2.05) is 49.9 Å². The number of hydrogen-bond donors (Lipinski definition) is 0. The summed E-state index contributed by atoms with van der Waals surface area (Å²) in [6.45, 7) is 7.19. The molecule has 2 unspecified atom stereocenters. The Hall–Kier alpha value is -2.04. The zero-order chi connectivity index (χ0) is 15.9. The molecule has 22 heavy (non-hydrogen) atoms. The number of likely N-dealkylation sites (tertiary alicyclic amines) is 1. The van der Waals surface area contributed by atoms with Gasteiger partial charge < -0.3 is 14.5 Å². The van der Waals surface area contributed by atoms with E-state index in [0.717, 1.165) is 24.9 Å². The molecule has 5 nitrogen and oxygen atoms in total.